The molecule has 0 spiro atoms. The topological polar surface area (TPSA) is 58.2 Å². The van der Waals surface area contributed by atoms with E-state index < -0.39 is 21.1 Å². The van der Waals surface area contributed by atoms with Gasteiger partial charge in [0.25, 0.3) is 0 Å². The van der Waals surface area contributed by atoms with Crippen LogP contribution in [-0.2, 0) is 10.0 Å². The van der Waals surface area contributed by atoms with Crippen LogP contribution in [0.2, 0.25) is 0 Å². The molecule has 0 bridgehead atoms. The van der Waals surface area contributed by atoms with Crippen molar-refractivity contribution in [3.63, 3.8) is 0 Å². The fourth-order valence-electron chi connectivity index (χ4n) is 2.05. The van der Waals surface area contributed by atoms with Crippen molar-refractivity contribution >= 4 is 15.7 Å². The van der Waals surface area contributed by atoms with Gasteiger partial charge in [0.05, 0.1) is 10.9 Å². The first-order valence-corrected chi connectivity index (χ1v) is 7.52. The van der Waals surface area contributed by atoms with E-state index in [1.807, 2.05) is 0 Å². The van der Waals surface area contributed by atoms with E-state index >= 15 is 0 Å². The second-order valence-corrected chi connectivity index (χ2v) is 6.54. The molecule has 1 saturated heterocycles. The molecule has 0 amide bonds. The quantitative estimate of drug-likeness (QED) is 0.879. The number of hydrogen-bond acceptors (Lipinski definition) is 3. The maximum absolute atomic E-state index is 13.6. The van der Waals surface area contributed by atoms with Gasteiger partial charge in [-0.3, -0.25) is 4.72 Å². The first kappa shape index (κ1) is 13.3. The highest BCUT2D eigenvalue weighted by molar-refractivity contribution is 7.93. The fourth-order valence-corrected chi connectivity index (χ4v) is 3.54. The third-order valence-corrected chi connectivity index (χ3v) is 4.96. The Morgan fingerprint density at radius 3 is 2.61 bits per heavy atom. The van der Waals surface area contributed by atoms with Crippen LogP contribution in [-0.4, -0.2) is 26.8 Å². The van der Waals surface area contributed by atoms with Gasteiger partial charge in [0.15, 0.2) is 0 Å². The number of anilines is 1. The summed E-state index contributed by atoms with van der Waals surface area (Å²) in [5, 5.41) is 2.66. The summed E-state index contributed by atoms with van der Waals surface area (Å²) in [6.07, 6.45) is 1.12. The second kappa shape index (κ2) is 5.24. The lowest BCUT2D eigenvalue weighted by Gasteiger charge is -2.23. The number of benzene rings is 1. The maximum Gasteiger partial charge on any atom is 0.235 e. The molecule has 100 valence electrons. The van der Waals surface area contributed by atoms with E-state index in [2.05, 4.69) is 10.0 Å². The van der Waals surface area contributed by atoms with E-state index in [0.717, 1.165) is 5.56 Å². The van der Waals surface area contributed by atoms with Gasteiger partial charge in [-0.25, -0.2) is 12.8 Å². The highest BCUT2D eigenvalue weighted by Gasteiger charge is 2.27. The van der Waals surface area contributed by atoms with Crippen molar-refractivity contribution in [2.75, 3.05) is 17.8 Å². The molecule has 4 nitrogen and oxygen atoms in total. The van der Waals surface area contributed by atoms with Crippen LogP contribution in [0.25, 0.3) is 0 Å². The van der Waals surface area contributed by atoms with Gasteiger partial charge in [-0.1, -0.05) is 6.07 Å². The molecule has 0 aromatic heterocycles. The Hall–Kier alpha value is -1.14. The Morgan fingerprint density at radius 1 is 1.33 bits per heavy atom. The molecule has 0 unspecified atom stereocenters. The van der Waals surface area contributed by atoms with Gasteiger partial charge in [0.2, 0.25) is 10.0 Å². The molecule has 1 aliphatic rings. The van der Waals surface area contributed by atoms with E-state index in [4.69, 9.17) is 0 Å². The summed E-state index contributed by atoms with van der Waals surface area (Å²) in [6, 6.07) is 4.47. The second-order valence-electron chi connectivity index (χ2n) is 4.58. The van der Waals surface area contributed by atoms with Crippen LogP contribution in [0.4, 0.5) is 10.1 Å². The minimum absolute atomic E-state index is 0.0270. The van der Waals surface area contributed by atoms with E-state index in [1.165, 1.54) is 12.1 Å². The summed E-state index contributed by atoms with van der Waals surface area (Å²) in [4.78, 5) is 0. The van der Waals surface area contributed by atoms with Crippen molar-refractivity contribution < 1.29 is 12.8 Å². The highest BCUT2D eigenvalue weighted by atomic mass is 32.2. The van der Waals surface area contributed by atoms with Gasteiger partial charge >= 0.3 is 0 Å². The summed E-state index contributed by atoms with van der Waals surface area (Å²) in [5.74, 6) is -0.535. The number of hydrogen-bond donors (Lipinski definition) is 2. The minimum atomic E-state index is -3.50. The zero-order valence-corrected chi connectivity index (χ0v) is 11.1. The van der Waals surface area contributed by atoms with Crippen molar-refractivity contribution in [2.45, 2.75) is 25.0 Å². The molecule has 1 aromatic rings. The highest BCUT2D eigenvalue weighted by Crippen LogP contribution is 2.21. The number of nitrogens with one attached hydrogen (secondary N) is 2. The lowest BCUT2D eigenvalue weighted by Crippen LogP contribution is -2.38. The van der Waals surface area contributed by atoms with E-state index in [0.29, 0.717) is 25.9 Å². The molecule has 1 aromatic carbocycles. The average Bonchev–Trinajstić information content (AvgIpc) is 2.34. The first-order valence-electron chi connectivity index (χ1n) is 5.97. The molecule has 0 saturated carbocycles. The Balaban J connectivity index is 2.16. The zero-order valence-electron chi connectivity index (χ0n) is 10.2. The Kier molecular flexibility index (Phi) is 3.87. The third kappa shape index (κ3) is 3.00. The normalized spacial score (nSPS) is 17.7. The third-order valence-electron chi connectivity index (χ3n) is 3.10. The van der Waals surface area contributed by atoms with Crippen molar-refractivity contribution in [2.24, 2.45) is 0 Å². The zero-order chi connectivity index (χ0) is 13.2. The average molecular weight is 272 g/mol. The molecule has 0 atom stereocenters. The summed E-state index contributed by atoms with van der Waals surface area (Å²) in [5.41, 5.74) is 0.788. The molecule has 2 N–H and O–H groups in total. The van der Waals surface area contributed by atoms with E-state index in [9.17, 15) is 12.8 Å². The SMILES string of the molecule is Cc1ccc(NS(=O)(=O)C2CCNCC2)c(F)c1. The lowest BCUT2D eigenvalue weighted by atomic mass is 10.2. The summed E-state index contributed by atoms with van der Waals surface area (Å²) < 4.78 is 40.1. The Labute approximate surface area is 107 Å². The van der Waals surface area contributed by atoms with Crippen molar-refractivity contribution in [3.8, 4) is 0 Å². The molecular weight excluding hydrogens is 255 g/mol. The molecule has 2 rings (SSSR count). The largest absolute Gasteiger partial charge is 0.317 e. The standard InChI is InChI=1S/C12H17FN2O2S/c1-9-2-3-12(11(13)8-9)15-18(16,17)10-4-6-14-7-5-10/h2-3,8,10,14-15H,4-7H2,1H3. The summed E-state index contributed by atoms with van der Waals surface area (Å²) in [7, 11) is -3.50. The number of halogens is 1. The van der Waals surface area contributed by atoms with Crippen LogP contribution >= 0.6 is 0 Å². The predicted octanol–water partition coefficient (Wildman–Crippen LogP) is 1.63. The first-order chi connectivity index (χ1) is 8.49. The number of rotatable bonds is 3. The number of piperidine rings is 1. The predicted molar refractivity (Wildman–Crippen MR) is 69.6 cm³/mol. The van der Waals surface area contributed by atoms with Crippen molar-refractivity contribution in [1.82, 2.24) is 5.32 Å². The Morgan fingerprint density at radius 2 is 2.00 bits per heavy atom. The van der Waals surface area contributed by atoms with Crippen LogP contribution in [0, 0.1) is 12.7 Å². The molecule has 1 fully saturated rings. The molecular formula is C12H17FN2O2S. The van der Waals surface area contributed by atoms with Gasteiger partial charge in [-0.15, -0.1) is 0 Å². The van der Waals surface area contributed by atoms with Crippen LogP contribution in [0.5, 0.6) is 0 Å². The van der Waals surface area contributed by atoms with E-state index in [1.54, 1.807) is 13.0 Å². The molecule has 0 radical (unpaired) electrons. The van der Waals surface area contributed by atoms with E-state index in [-0.39, 0.29) is 5.69 Å². The monoisotopic (exact) mass is 272 g/mol. The van der Waals surface area contributed by atoms with Crippen molar-refractivity contribution in [3.05, 3.63) is 29.6 Å². The van der Waals surface area contributed by atoms with Crippen molar-refractivity contribution in [1.29, 1.82) is 0 Å². The summed E-state index contributed by atoms with van der Waals surface area (Å²) >= 11 is 0. The van der Waals surface area contributed by atoms with Crippen LogP contribution < -0.4 is 10.0 Å². The van der Waals surface area contributed by atoms with Crippen LogP contribution in [0.15, 0.2) is 18.2 Å². The molecule has 6 heteroatoms. The minimum Gasteiger partial charge on any atom is -0.317 e. The van der Waals surface area contributed by atoms with Crippen LogP contribution in [0.1, 0.15) is 18.4 Å². The lowest BCUT2D eigenvalue weighted by molar-refractivity contribution is 0.498. The molecule has 18 heavy (non-hydrogen) atoms. The molecule has 1 aliphatic heterocycles. The van der Waals surface area contributed by atoms with Gasteiger partial charge in [0, 0.05) is 0 Å². The van der Waals surface area contributed by atoms with Gasteiger partial charge in [-0.05, 0) is 50.6 Å². The maximum atomic E-state index is 13.6. The summed E-state index contributed by atoms with van der Waals surface area (Å²) in [6.45, 7) is 3.12. The molecule has 1 heterocycles. The van der Waals surface area contributed by atoms with Crippen LogP contribution in [0.3, 0.4) is 0 Å². The van der Waals surface area contributed by atoms with Gasteiger partial charge in [-0.2, -0.15) is 0 Å². The molecule has 0 aliphatic carbocycles. The number of aryl methyl sites for hydroxylation is 1. The van der Waals surface area contributed by atoms with Gasteiger partial charge < -0.3 is 5.32 Å². The fraction of sp³-hybridized carbons (Fsp3) is 0.500. The number of sulfonamides is 1. The Bertz CT molecular complexity index is 525. The van der Waals surface area contributed by atoms with Gasteiger partial charge in [0.1, 0.15) is 5.82 Å². The smallest absolute Gasteiger partial charge is 0.235 e.